The average molecular weight is 842 g/mol. The molecule has 14 heteroatoms. The van der Waals surface area contributed by atoms with E-state index < -0.39 is 22.5 Å². The Balaban J connectivity index is 0.000000173. The molecule has 2 saturated heterocycles. The van der Waals surface area contributed by atoms with Crippen LogP contribution >= 0.6 is 39.5 Å². The molecule has 5 aromatic rings. The second kappa shape index (κ2) is 19.6. The van der Waals surface area contributed by atoms with Crippen molar-refractivity contribution in [1.29, 1.82) is 0 Å². The first-order valence-electron chi connectivity index (χ1n) is 17.5. The first-order chi connectivity index (χ1) is 25.9. The van der Waals surface area contributed by atoms with Gasteiger partial charge in [-0.25, -0.2) is 23.7 Å². The normalized spacial score (nSPS) is 16.1. The minimum atomic E-state index is -0.680. The fourth-order valence-corrected chi connectivity index (χ4v) is 8.13. The number of carbonyl (C=O) groups excluding carboxylic acids is 1. The molecule has 1 atom stereocenters. The van der Waals surface area contributed by atoms with Crippen LogP contribution in [0.5, 0.6) is 0 Å². The van der Waals surface area contributed by atoms with Crippen molar-refractivity contribution < 1.29 is 22.4 Å². The van der Waals surface area contributed by atoms with E-state index in [-0.39, 0.29) is 11.6 Å². The van der Waals surface area contributed by atoms with Crippen LogP contribution in [0, 0.1) is 29.4 Å². The van der Waals surface area contributed by atoms with E-state index in [1.807, 2.05) is 0 Å². The number of rotatable bonds is 7. The number of ketones is 1. The maximum absolute atomic E-state index is 13.7. The Bertz CT molecular complexity index is 2000. The van der Waals surface area contributed by atoms with Crippen LogP contribution in [0.4, 0.5) is 17.6 Å². The number of pyridine rings is 2. The maximum Gasteiger partial charge on any atom is 0.213 e. The number of likely N-dealkylation sites (tertiary alicyclic amines) is 2. The molecule has 0 saturated carbocycles. The molecule has 0 amide bonds. The Hall–Kier alpha value is -3.95. The number of nitrogens with zero attached hydrogens (tertiary/aromatic N) is 5. The van der Waals surface area contributed by atoms with Gasteiger partial charge in [0.1, 0.15) is 16.5 Å². The molecule has 0 bridgehead atoms. The Morgan fingerprint density at radius 2 is 1.33 bits per heavy atom. The Labute approximate surface area is 330 Å². The topological polar surface area (TPSA) is 88.2 Å². The van der Waals surface area contributed by atoms with Gasteiger partial charge >= 0.3 is 0 Å². The van der Waals surface area contributed by atoms with Gasteiger partial charge in [-0.05, 0) is 144 Å². The number of thiocarbonyl (C=S) groups is 1. The zero-order chi connectivity index (χ0) is 38.8. The molecule has 0 spiro atoms. The molecule has 1 unspecified atom stereocenters. The molecular formula is C40H41BrF4N6OS2. The summed E-state index contributed by atoms with van der Waals surface area (Å²) in [5.41, 5.74) is 8.74. The molecule has 2 fully saturated rings. The zero-order valence-electron chi connectivity index (χ0n) is 29.9. The number of carbonyl (C=O) groups is 1. The van der Waals surface area contributed by atoms with E-state index in [4.69, 9.17) is 22.9 Å². The van der Waals surface area contributed by atoms with E-state index in [0.717, 1.165) is 78.6 Å². The van der Waals surface area contributed by atoms with Gasteiger partial charge in [0, 0.05) is 41.4 Å². The fraction of sp³-hybridized carbons (Fsp3) is 0.325. The minimum absolute atomic E-state index is 0.263. The van der Waals surface area contributed by atoms with Crippen LogP contribution in [0.15, 0.2) is 85.2 Å². The van der Waals surface area contributed by atoms with Gasteiger partial charge < -0.3 is 15.5 Å². The van der Waals surface area contributed by atoms with Gasteiger partial charge in [0.25, 0.3) is 0 Å². The predicted molar refractivity (Wildman–Crippen MR) is 214 cm³/mol. The largest absolute Gasteiger partial charge is 0.393 e. The highest BCUT2D eigenvalue weighted by Gasteiger charge is 2.25. The average Bonchev–Trinajstić information content (AvgIpc) is 3.61. The number of hydrogen-bond donors (Lipinski definition) is 1. The summed E-state index contributed by atoms with van der Waals surface area (Å²) in [5.74, 6) is -1.20. The van der Waals surface area contributed by atoms with E-state index >= 15 is 0 Å². The summed E-state index contributed by atoms with van der Waals surface area (Å²) >= 11 is 9.73. The van der Waals surface area contributed by atoms with Gasteiger partial charge in [0.2, 0.25) is 11.9 Å². The number of benzene rings is 2. The lowest BCUT2D eigenvalue weighted by Gasteiger charge is -2.27. The number of halogens is 5. The summed E-state index contributed by atoms with van der Waals surface area (Å²) < 4.78 is 52.7. The summed E-state index contributed by atoms with van der Waals surface area (Å²) in [6, 6.07) is 17.5. The molecular weight excluding hydrogens is 801 g/mol. The molecule has 3 aromatic heterocycles. The van der Waals surface area contributed by atoms with Crippen LogP contribution in [0.2, 0.25) is 0 Å². The summed E-state index contributed by atoms with van der Waals surface area (Å²) in [6.45, 7) is 4.38. The lowest BCUT2D eigenvalue weighted by molar-refractivity contribution is 0.0991. The zero-order valence-corrected chi connectivity index (χ0v) is 33.1. The van der Waals surface area contributed by atoms with Crippen molar-refractivity contribution >= 4 is 50.3 Å². The number of thiazole rings is 1. The van der Waals surface area contributed by atoms with Crippen molar-refractivity contribution in [2.45, 2.75) is 36.4 Å². The summed E-state index contributed by atoms with van der Waals surface area (Å²) in [7, 11) is 4.27. The van der Waals surface area contributed by atoms with Crippen molar-refractivity contribution in [2.24, 2.45) is 11.7 Å². The first-order valence-corrected chi connectivity index (χ1v) is 19.6. The smallest absolute Gasteiger partial charge is 0.213 e. The third-order valence-electron chi connectivity index (χ3n) is 9.34. The molecule has 2 N–H and O–H groups in total. The van der Waals surface area contributed by atoms with E-state index in [0.29, 0.717) is 28.0 Å². The van der Waals surface area contributed by atoms with Gasteiger partial charge in [-0.1, -0.05) is 28.1 Å². The molecule has 0 radical (unpaired) electrons. The molecule has 2 aromatic carbocycles. The molecule has 54 heavy (non-hydrogen) atoms. The van der Waals surface area contributed by atoms with Crippen molar-refractivity contribution in [1.82, 2.24) is 24.8 Å². The molecule has 284 valence electrons. The van der Waals surface area contributed by atoms with Crippen LogP contribution in [0.3, 0.4) is 0 Å². The predicted octanol–water partition coefficient (Wildman–Crippen LogP) is 9.25. The maximum atomic E-state index is 13.7. The molecule has 7 nitrogen and oxygen atoms in total. The van der Waals surface area contributed by atoms with E-state index in [1.54, 1.807) is 35.6 Å². The van der Waals surface area contributed by atoms with Gasteiger partial charge in [0.15, 0.2) is 5.78 Å². The Kier molecular flexibility index (Phi) is 14.9. The lowest BCUT2D eigenvalue weighted by Crippen LogP contribution is -2.35. The van der Waals surface area contributed by atoms with Gasteiger partial charge in [-0.3, -0.25) is 4.79 Å². The molecule has 7 rings (SSSR count). The second-order valence-electron chi connectivity index (χ2n) is 13.3. The van der Waals surface area contributed by atoms with E-state index in [2.05, 4.69) is 49.8 Å². The van der Waals surface area contributed by atoms with Crippen molar-refractivity contribution in [3.63, 3.8) is 0 Å². The van der Waals surface area contributed by atoms with Crippen LogP contribution in [0.1, 0.15) is 57.4 Å². The van der Waals surface area contributed by atoms with Crippen molar-refractivity contribution in [2.75, 3.05) is 40.3 Å². The van der Waals surface area contributed by atoms with E-state index in [9.17, 15) is 22.4 Å². The standard InChI is InChI=1S/C20H19F2N3S.C13H8BrF2NO.C7H14N2S/c1-25-10-7-14(8-11-25)20-24-18(13-2-4-16(21)5-3-13)19(26-20)15-6-9-23-17(22)12-15;14-12(9-5-6-17-11(16)7-9)13(18)8-1-3-10(15)4-2-8;1-9-4-2-6(3-5-9)7(8)10/h2-6,9,12,14H,7-8,10-11H2,1H3;1-7,12H;6H,2-5H2,1H3,(H2,8,10). The van der Waals surface area contributed by atoms with Crippen molar-refractivity contribution in [3.05, 3.63) is 125 Å². The molecule has 0 aliphatic carbocycles. The highest BCUT2D eigenvalue weighted by atomic mass is 79.9. The van der Waals surface area contributed by atoms with Crippen molar-refractivity contribution in [3.8, 4) is 21.7 Å². The minimum Gasteiger partial charge on any atom is -0.393 e. The van der Waals surface area contributed by atoms with Gasteiger partial charge in [-0.2, -0.15) is 8.78 Å². The lowest BCUT2D eigenvalue weighted by atomic mass is 9.97. The first kappa shape index (κ1) is 41.2. The third kappa shape index (κ3) is 11.5. The number of hydrogen-bond acceptors (Lipinski definition) is 8. The summed E-state index contributed by atoms with van der Waals surface area (Å²) in [5, 5.41) is 1.07. The number of alkyl halides is 1. The van der Waals surface area contributed by atoms with E-state index in [1.165, 1.54) is 60.9 Å². The number of aromatic nitrogens is 3. The van der Waals surface area contributed by atoms with Crippen LogP contribution < -0.4 is 5.73 Å². The highest BCUT2D eigenvalue weighted by molar-refractivity contribution is 9.09. The summed E-state index contributed by atoms with van der Waals surface area (Å²) in [4.78, 5) is 29.6. The molecule has 2 aliphatic heterocycles. The quantitative estimate of drug-likeness (QED) is 0.0571. The Morgan fingerprint density at radius 1 is 0.796 bits per heavy atom. The van der Waals surface area contributed by atoms with Crippen LogP contribution in [-0.2, 0) is 0 Å². The summed E-state index contributed by atoms with van der Waals surface area (Å²) in [6.07, 6.45) is 7.18. The second-order valence-corrected chi connectivity index (χ2v) is 15.7. The monoisotopic (exact) mass is 840 g/mol. The van der Waals surface area contributed by atoms with Crippen LogP contribution in [-0.4, -0.2) is 75.8 Å². The third-order valence-corrected chi connectivity index (χ3v) is 11.9. The van der Waals surface area contributed by atoms with Gasteiger partial charge in [-0.15, -0.1) is 11.3 Å². The molecule has 5 heterocycles. The fourth-order valence-electron chi connectivity index (χ4n) is 6.09. The van der Waals surface area contributed by atoms with Crippen LogP contribution in [0.25, 0.3) is 21.7 Å². The number of Topliss-reactive ketones (excluding diaryl/α,β-unsaturated/α-hetero) is 1. The Morgan fingerprint density at radius 3 is 1.89 bits per heavy atom. The number of piperidine rings is 2. The SMILES string of the molecule is CN1CCC(C(N)=S)CC1.CN1CCC(c2nc(-c3ccc(F)cc3)c(-c3ccnc(F)c3)s2)CC1.O=C(c1ccc(F)cc1)C(Br)c1ccnc(F)c1. The van der Waals surface area contributed by atoms with Gasteiger partial charge in [0.05, 0.1) is 20.6 Å². The molecule has 2 aliphatic rings. The highest BCUT2D eigenvalue weighted by Crippen LogP contribution is 2.41. The number of nitrogens with two attached hydrogens (primary N) is 1.